The molecule has 144 valence electrons. The molecule has 2 saturated heterocycles. The lowest BCUT2D eigenvalue weighted by atomic mass is 9.90. The molecule has 4 rings (SSSR count). The van der Waals surface area contributed by atoms with Crippen molar-refractivity contribution in [3.63, 3.8) is 0 Å². The van der Waals surface area contributed by atoms with E-state index >= 15 is 0 Å². The van der Waals surface area contributed by atoms with Crippen LogP contribution < -0.4 is 5.73 Å². The second-order valence-corrected chi connectivity index (χ2v) is 9.09. The number of carbonyl (C=O) groups is 1. The minimum Gasteiger partial charge on any atom is -0.447 e. The molecule has 2 N–H and O–H groups in total. The summed E-state index contributed by atoms with van der Waals surface area (Å²) in [5.41, 5.74) is 6.68. The van der Waals surface area contributed by atoms with Gasteiger partial charge in [0.1, 0.15) is 6.26 Å². The standard InChI is InChI=1S/C18H22N4O4S/c1-27(24,25)22-9-13-8-21(18(23)15-11-26-16(7-19)20-15)10-14(13)17(22)12-5-3-2-4-6-12/h2-6,11,13-14,17H,7-10,19H2,1H3/t13-,14-,17+/m1/s1. The van der Waals surface area contributed by atoms with Crippen molar-refractivity contribution in [2.45, 2.75) is 12.6 Å². The highest BCUT2D eigenvalue weighted by molar-refractivity contribution is 7.88. The number of likely N-dealkylation sites (tertiary alicyclic amines) is 1. The zero-order chi connectivity index (χ0) is 19.2. The van der Waals surface area contributed by atoms with Crippen molar-refractivity contribution in [1.82, 2.24) is 14.2 Å². The summed E-state index contributed by atoms with van der Waals surface area (Å²) >= 11 is 0. The minimum atomic E-state index is -3.34. The number of nitrogens with two attached hydrogens (primary N) is 1. The Morgan fingerprint density at radius 3 is 2.63 bits per heavy atom. The van der Waals surface area contributed by atoms with Gasteiger partial charge in [0.25, 0.3) is 5.91 Å². The number of hydrogen-bond donors (Lipinski definition) is 1. The second-order valence-electron chi connectivity index (χ2n) is 7.15. The summed E-state index contributed by atoms with van der Waals surface area (Å²) in [4.78, 5) is 18.6. The van der Waals surface area contributed by atoms with E-state index in [9.17, 15) is 13.2 Å². The molecule has 2 aliphatic heterocycles. The Balaban J connectivity index is 1.60. The van der Waals surface area contributed by atoms with Crippen LogP contribution in [0.5, 0.6) is 0 Å². The van der Waals surface area contributed by atoms with Crippen molar-refractivity contribution >= 4 is 15.9 Å². The minimum absolute atomic E-state index is 0.0481. The van der Waals surface area contributed by atoms with Crippen LogP contribution in [0.2, 0.25) is 0 Å². The summed E-state index contributed by atoms with van der Waals surface area (Å²) in [6.45, 7) is 1.54. The normalized spacial score (nSPS) is 25.7. The largest absolute Gasteiger partial charge is 0.447 e. The maximum atomic E-state index is 12.8. The average Bonchev–Trinajstić information content (AvgIpc) is 3.34. The van der Waals surface area contributed by atoms with Gasteiger partial charge in [0.2, 0.25) is 15.9 Å². The maximum absolute atomic E-state index is 12.8. The monoisotopic (exact) mass is 390 g/mol. The fourth-order valence-electron chi connectivity index (χ4n) is 4.24. The Morgan fingerprint density at radius 1 is 1.26 bits per heavy atom. The number of rotatable bonds is 4. The van der Waals surface area contributed by atoms with Crippen LogP contribution in [0.25, 0.3) is 0 Å². The quantitative estimate of drug-likeness (QED) is 0.828. The predicted molar refractivity (Wildman–Crippen MR) is 98.0 cm³/mol. The van der Waals surface area contributed by atoms with Crippen LogP contribution in [-0.2, 0) is 16.6 Å². The lowest BCUT2D eigenvalue weighted by Crippen LogP contribution is -2.37. The molecule has 8 nitrogen and oxygen atoms in total. The summed E-state index contributed by atoms with van der Waals surface area (Å²) in [5.74, 6) is 0.260. The molecule has 0 aliphatic carbocycles. The zero-order valence-corrected chi connectivity index (χ0v) is 15.8. The van der Waals surface area contributed by atoms with Crippen LogP contribution in [0.3, 0.4) is 0 Å². The molecule has 0 bridgehead atoms. The van der Waals surface area contributed by atoms with Crippen LogP contribution in [0.15, 0.2) is 41.0 Å². The van der Waals surface area contributed by atoms with E-state index in [1.165, 1.54) is 12.5 Å². The van der Waals surface area contributed by atoms with E-state index in [1.54, 1.807) is 9.21 Å². The SMILES string of the molecule is CS(=O)(=O)N1C[C@H]2CN(C(=O)c3coc(CN)n3)C[C@H]2[C@@H]1c1ccccc1. The van der Waals surface area contributed by atoms with Crippen molar-refractivity contribution in [2.24, 2.45) is 17.6 Å². The van der Waals surface area contributed by atoms with Gasteiger partial charge >= 0.3 is 0 Å². The van der Waals surface area contributed by atoms with Crippen molar-refractivity contribution in [1.29, 1.82) is 0 Å². The molecule has 27 heavy (non-hydrogen) atoms. The second kappa shape index (κ2) is 6.74. The molecule has 0 radical (unpaired) electrons. The third-order valence-electron chi connectivity index (χ3n) is 5.42. The number of carbonyl (C=O) groups excluding carboxylic acids is 1. The first-order valence-corrected chi connectivity index (χ1v) is 10.7. The van der Waals surface area contributed by atoms with Crippen LogP contribution in [0.1, 0.15) is 28.0 Å². The fourth-order valence-corrected chi connectivity index (χ4v) is 5.39. The highest BCUT2D eigenvalue weighted by Crippen LogP contribution is 2.46. The lowest BCUT2D eigenvalue weighted by molar-refractivity contribution is 0.0768. The Hall–Kier alpha value is -2.23. The topological polar surface area (TPSA) is 110 Å². The van der Waals surface area contributed by atoms with Crippen LogP contribution in [0, 0.1) is 11.8 Å². The number of nitrogens with zero attached hydrogens (tertiary/aromatic N) is 3. The molecule has 0 unspecified atom stereocenters. The Kier molecular flexibility index (Phi) is 4.53. The third-order valence-corrected chi connectivity index (χ3v) is 6.65. The average molecular weight is 390 g/mol. The molecule has 3 atom stereocenters. The molecule has 0 spiro atoms. The number of fused-ring (bicyclic) bond motifs is 1. The van der Waals surface area contributed by atoms with Crippen LogP contribution >= 0.6 is 0 Å². The molecule has 2 aliphatic rings. The summed E-state index contributed by atoms with van der Waals surface area (Å²) in [7, 11) is -3.34. The van der Waals surface area contributed by atoms with Crippen LogP contribution in [0.4, 0.5) is 0 Å². The van der Waals surface area contributed by atoms with E-state index in [4.69, 9.17) is 10.2 Å². The first-order chi connectivity index (χ1) is 12.9. The van der Waals surface area contributed by atoms with E-state index in [0.717, 1.165) is 5.56 Å². The predicted octanol–water partition coefficient (Wildman–Crippen LogP) is 0.838. The Labute approximate surface area is 158 Å². The van der Waals surface area contributed by atoms with Gasteiger partial charge in [-0.15, -0.1) is 0 Å². The van der Waals surface area contributed by atoms with E-state index in [2.05, 4.69) is 4.98 Å². The summed E-state index contributed by atoms with van der Waals surface area (Å²) in [6, 6.07) is 9.35. The molecule has 2 fully saturated rings. The van der Waals surface area contributed by atoms with E-state index in [0.29, 0.717) is 25.5 Å². The molecular weight excluding hydrogens is 368 g/mol. The van der Waals surface area contributed by atoms with Gasteiger partial charge in [-0.3, -0.25) is 4.79 Å². The molecular formula is C18H22N4O4S. The summed E-state index contributed by atoms with van der Waals surface area (Å²) in [6.07, 6.45) is 2.58. The number of sulfonamides is 1. The molecule has 3 heterocycles. The van der Waals surface area contributed by atoms with Crippen molar-refractivity contribution in [3.8, 4) is 0 Å². The highest BCUT2D eigenvalue weighted by atomic mass is 32.2. The van der Waals surface area contributed by atoms with Gasteiger partial charge in [-0.05, 0) is 11.5 Å². The van der Waals surface area contributed by atoms with Gasteiger partial charge in [-0.2, -0.15) is 4.31 Å². The van der Waals surface area contributed by atoms with Crippen LogP contribution in [-0.4, -0.2) is 54.4 Å². The van der Waals surface area contributed by atoms with Gasteiger partial charge in [-0.1, -0.05) is 30.3 Å². The first-order valence-electron chi connectivity index (χ1n) is 8.84. The van der Waals surface area contributed by atoms with E-state index < -0.39 is 10.0 Å². The number of benzene rings is 1. The van der Waals surface area contributed by atoms with Crippen molar-refractivity contribution in [3.05, 3.63) is 53.7 Å². The number of aromatic nitrogens is 1. The first kappa shape index (κ1) is 18.1. The van der Waals surface area contributed by atoms with Crippen molar-refractivity contribution in [2.75, 3.05) is 25.9 Å². The number of oxazole rings is 1. The van der Waals surface area contributed by atoms with Gasteiger partial charge in [0, 0.05) is 25.6 Å². The molecule has 1 aromatic heterocycles. The molecule has 1 amide bonds. The van der Waals surface area contributed by atoms with Gasteiger partial charge in [-0.25, -0.2) is 13.4 Å². The highest BCUT2D eigenvalue weighted by Gasteiger charge is 2.51. The van der Waals surface area contributed by atoms with Gasteiger partial charge in [0.05, 0.1) is 18.8 Å². The number of amides is 1. The van der Waals surface area contributed by atoms with Crippen molar-refractivity contribution < 1.29 is 17.6 Å². The summed E-state index contributed by atoms with van der Waals surface area (Å²) < 4.78 is 31.4. The summed E-state index contributed by atoms with van der Waals surface area (Å²) in [5, 5.41) is 0. The smallest absolute Gasteiger partial charge is 0.275 e. The van der Waals surface area contributed by atoms with Gasteiger partial charge in [0.15, 0.2) is 5.69 Å². The van der Waals surface area contributed by atoms with E-state index in [-0.39, 0.29) is 36.0 Å². The maximum Gasteiger partial charge on any atom is 0.275 e. The molecule has 9 heteroatoms. The lowest BCUT2D eigenvalue weighted by Gasteiger charge is -2.28. The van der Waals surface area contributed by atoms with E-state index in [1.807, 2.05) is 30.3 Å². The fraction of sp³-hybridized carbons (Fsp3) is 0.444. The Bertz CT molecular complexity index is 943. The molecule has 2 aromatic rings. The Morgan fingerprint density at radius 2 is 2.00 bits per heavy atom. The zero-order valence-electron chi connectivity index (χ0n) is 15.0. The van der Waals surface area contributed by atoms with Gasteiger partial charge < -0.3 is 15.1 Å². The number of hydrogen-bond acceptors (Lipinski definition) is 6. The molecule has 0 saturated carbocycles. The third kappa shape index (κ3) is 3.26. The molecule has 1 aromatic carbocycles.